The number of benzene rings is 1. The maximum atomic E-state index is 5.56. The van der Waals surface area contributed by atoms with Crippen LogP contribution in [-0.2, 0) is 12.8 Å². The van der Waals surface area contributed by atoms with Gasteiger partial charge in [-0.2, -0.15) is 0 Å². The molecule has 0 fully saturated rings. The summed E-state index contributed by atoms with van der Waals surface area (Å²) >= 11 is 3.44. The van der Waals surface area contributed by atoms with Gasteiger partial charge in [0.25, 0.3) is 0 Å². The van der Waals surface area contributed by atoms with Crippen LogP contribution < -0.4 is 4.74 Å². The second-order valence-electron chi connectivity index (χ2n) is 2.94. The molecule has 0 saturated carbocycles. The molecule has 1 aromatic carbocycles. The van der Waals surface area contributed by atoms with Crippen LogP contribution in [0.15, 0.2) is 18.2 Å². The molecule has 2 rings (SSSR count). The Labute approximate surface area is 80.9 Å². The molecule has 0 aromatic heterocycles. The van der Waals surface area contributed by atoms with Gasteiger partial charge in [-0.25, -0.2) is 0 Å². The van der Waals surface area contributed by atoms with E-state index in [2.05, 4.69) is 34.1 Å². The summed E-state index contributed by atoms with van der Waals surface area (Å²) in [7, 11) is 0. The topological polar surface area (TPSA) is 9.23 Å². The SMILES string of the molecule is BrCCc1cccc2c1OCC2. The van der Waals surface area contributed by atoms with Crippen LogP contribution in [0, 0.1) is 0 Å². The second kappa shape index (κ2) is 3.48. The molecule has 0 unspecified atom stereocenters. The monoisotopic (exact) mass is 226 g/mol. The third-order valence-electron chi connectivity index (χ3n) is 2.16. The molecule has 0 saturated heterocycles. The van der Waals surface area contributed by atoms with Gasteiger partial charge in [0.05, 0.1) is 6.61 Å². The van der Waals surface area contributed by atoms with Gasteiger partial charge in [-0.3, -0.25) is 0 Å². The lowest BCUT2D eigenvalue weighted by Gasteiger charge is -2.05. The number of rotatable bonds is 2. The molecule has 0 N–H and O–H groups in total. The molecule has 12 heavy (non-hydrogen) atoms. The lowest BCUT2D eigenvalue weighted by atomic mass is 10.1. The highest BCUT2D eigenvalue weighted by Crippen LogP contribution is 2.29. The van der Waals surface area contributed by atoms with E-state index >= 15 is 0 Å². The molecule has 64 valence electrons. The predicted molar refractivity (Wildman–Crippen MR) is 53.1 cm³/mol. The van der Waals surface area contributed by atoms with Crippen molar-refractivity contribution in [2.75, 3.05) is 11.9 Å². The predicted octanol–water partition coefficient (Wildman–Crippen LogP) is 2.56. The van der Waals surface area contributed by atoms with E-state index in [4.69, 9.17) is 4.74 Å². The second-order valence-corrected chi connectivity index (χ2v) is 3.74. The maximum absolute atomic E-state index is 5.56. The fourth-order valence-corrected chi connectivity index (χ4v) is 2.01. The van der Waals surface area contributed by atoms with Crippen LogP contribution >= 0.6 is 15.9 Å². The Hall–Kier alpha value is -0.500. The first-order valence-electron chi connectivity index (χ1n) is 4.21. The van der Waals surface area contributed by atoms with E-state index in [1.54, 1.807) is 0 Å². The number of hydrogen-bond donors (Lipinski definition) is 0. The normalized spacial score (nSPS) is 14.1. The maximum Gasteiger partial charge on any atom is 0.125 e. The van der Waals surface area contributed by atoms with Crippen molar-refractivity contribution in [2.24, 2.45) is 0 Å². The summed E-state index contributed by atoms with van der Waals surface area (Å²) in [6.07, 6.45) is 2.13. The molecule has 0 radical (unpaired) electrons. The molecule has 0 aliphatic carbocycles. The van der Waals surface area contributed by atoms with Crippen LogP contribution in [0.2, 0.25) is 0 Å². The van der Waals surface area contributed by atoms with Crippen LogP contribution in [0.4, 0.5) is 0 Å². The zero-order valence-corrected chi connectivity index (χ0v) is 8.43. The largest absolute Gasteiger partial charge is 0.493 e. The summed E-state index contributed by atoms with van der Waals surface area (Å²) in [5, 5.41) is 1.01. The van der Waals surface area contributed by atoms with Crippen LogP contribution in [0.25, 0.3) is 0 Å². The first-order valence-corrected chi connectivity index (χ1v) is 5.33. The number of fused-ring (bicyclic) bond motifs is 1. The summed E-state index contributed by atoms with van der Waals surface area (Å²) in [5.74, 6) is 1.14. The van der Waals surface area contributed by atoms with Gasteiger partial charge in [-0.1, -0.05) is 34.1 Å². The van der Waals surface area contributed by atoms with E-state index in [1.165, 1.54) is 11.1 Å². The zero-order chi connectivity index (χ0) is 8.39. The molecule has 2 heteroatoms. The molecular weight excluding hydrogens is 216 g/mol. The van der Waals surface area contributed by atoms with Crippen molar-refractivity contribution < 1.29 is 4.74 Å². The van der Waals surface area contributed by atoms with Crippen LogP contribution in [0.5, 0.6) is 5.75 Å². The van der Waals surface area contributed by atoms with Crippen molar-refractivity contribution in [3.8, 4) is 5.75 Å². The lowest BCUT2D eigenvalue weighted by Crippen LogP contribution is -1.92. The summed E-state index contributed by atoms with van der Waals surface area (Å²) < 4.78 is 5.56. The highest BCUT2D eigenvalue weighted by atomic mass is 79.9. The van der Waals surface area contributed by atoms with Crippen molar-refractivity contribution in [1.29, 1.82) is 0 Å². The number of alkyl halides is 1. The number of hydrogen-bond acceptors (Lipinski definition) is 1. The Kier molecular flexibility index (Phi) is 2.35. The summed E-state index contributed by atoms with van der Waals surface area (Å²) in [6.45, 7) is 0.856. The third-order valence-corrected chi connectivity index (χ3v) is 2.56. The van der Waals surface area contributed by atoms with Gasteiger partial charge in [0.2, 0.25) is 0 Å². The van der Waals surface area contributed by atoms with Crippen molar-refractivity contribution in [3.63, 3.8) is 0 Å². The summed E-state index contributed by atoms with van der Waals surface area (Å²) in [5.41, 5.74) is 2.70. The number of aryl methyl sites for hydroxylation is 1. The Morgan fingerprint density at radius 3 is 3.17 bits per heavy atom. The van der Waals surface area contributed by atoms with E-state index in [0.717, 1.165) is 30.5 Å². The van der Waals surface area contributed by atoms with Crippen molar-refractivity contribution in [3.05, 3.63) is 29.3 Å². The van der Waals surface area contributed by atoms with Crippen LogP contribution in [0.3, 0.4) is 0 Å². The minimum atomic E-state index is 0.856. The van der Waals surface area contributed by atoms with E-state index in [9.17, 15) is 0 Å². The van der Waals surface area contributed by atoms with Gasteiger partial charge in [-0.15, -0.1) is 0 Å². The molecule has 0 bridgehead atoms. The number of halogens is 1. The molecule has 1 aliphatic heterocycles. The first-order chi connectivity index (χ1) is 5.92. The molecule has 1 aromatic rings. The zero-order valence-electron chi connectivity index (χ0n) is 6.85. The fraction of sp³-hybridized carbons (Fsp3) is 0.400. The smallest absolute Gasteiger partial charge is 0.125 e. The average Bonchev–Trinajstić information content (AvgIpc) is 2.53. The quantitative estimate of drug-likeness (QED) is 0.705. The first kappa shape index (κ1) is 8.11. The lowest BCUT2D eigenvalue weighted by molar-refractivity contribution is 0.354. The average molecular weight is 227 g/mol. The van der Waals surface area contributed by atoms with E-state index in [0.29, 0.717) is 0 Å². The summed E-state index contributed by atoms with van der Waals surface area (Å²) in [6, 6.07) is 6.41. The Bertz CT molecular complexity index is 283. The minimum absolute atomic E-state index is 0.856. The third kappa shape index (κ3) is 1.36. The summed E-state index contributed by atoms with van der Waals surface area (Å²) in [4.78, 5) is 0. The van der Waals surface area contributed by atoms with E-state index in [-0.39, 0.29) is 0 Å². The van der Waals surface area contributed by atoms with E-state index < -0.39 is 0 Å². The minimum Gasteiger partial charge on any atom is -0.493 e. The van der Waals surface area contributed by atoms with Crippen molar-refractivity contribution in [2.45, 2.75) is 12.8 Å². The highest BCUT2D eigenvalue weighted by Gasteiger charge is 2.14. The van der Waals surface area contributed by atoms with Gasteiger partial charge in [-0.05, 0) is 17.5 Å². The Morgan fingerprint density at radius 1 is 1.42 bits per heavy atom. The molecule has 1 heterocycles. The standard InChI is InChI=1S/C10H11BrO/c11-6-4-8-2-1-3-9-5-7-12-10(8)9/h1-3H,4-7H2. The Balaban J connectivity index is 2.36. The van der Waals surface area contributed by atoms with Gasteiger partial charge < -0.3 is 4.74 Å². The Morgan fingerprint density at radius 2 is 2.33 bits per heavy atom. The molecule has 1 aliphatic rings. The van der Waals surface area contributed by atoms with E-state index in [1.807, 2.05) is 0 Å². The van der Waals surface area contributed by atoms with Crippen molar-refractivity contribution >= 4 is 15.9 Å². The van der Waals surface area contributed by atoms with Crippen molar-refractivity contribution in [1.82, 2.24) is 0 Å². The molecule has 1 nitrogen and oxygen atoms in total. The van der Waals surface area contributed by atoms with Gasteiger partial charge in [0.1, 0.15) is 5.75 Å². The van der Waals surface area contributed by atoms with Gasteiger partial charge in [0, 0.05) is 11.8 Å². The number of ether oxygens (including phenoxy) is 1. The fourth-order valence-electron chi connectivity index (χ4n) is 1.58. The number of para-hydroxylation sites is 1. The van der Waals surface area contributed by atoms with Gasteiger partial charge in [0.15, 0.2) is 0 Å². The van der Waals surface area contributed by atoms with Crippen LogP contribution in [0.1, 0.15) is 11.1 Å². The molecule has 0 spiro atoms. The van der Waals surface area contributed by atoms with Crippen LogP contribution in [-0.4, -0.2) is 11.9 Å². The molecule has 0 atom stereocenters. The highest BCUT2D eigenvalue weighted by molar-refractivity contribution is 9.09. The van der Waals surface area contributed by atoms with Gasteiger partial charge >= 0.3 is 0 Å². The molecular formula is C10H11BrO. The molecule has 0 amide bonds.